The number of fused-ring (bicyclic) bond motifs is 1. The van der Waals surface area contributed by atoms with Crippen molar-refractivity contribution in [2.24, 2.45) is 0 Å². The molecule has 0 aliphatic rings. The highest BCUT2D eigenvalue weighted by atomic mass is 16.5. The third kappa shape index (κ3) is 4.05. The number of para-hydroxylation sites is 3. The summed E-state index contributed by atoms with van der Waals surface area (Å²) >= 11 is 0. The molecule has 3 aromatic carbocycles. The van der Waals surface area contributed by atoms with Crippen LogP contribution in [0.15, 0.2) is 72.8 Å². The second kappa shape index (κ2) is 8.33. The van der Waals surface area contributed by atoms with E-state index in [1.54, 1.807) is 30.3 Å². The number of H-pyrrole nitrogens is 1. The molecule has 0 aliphatic heterocycles. The van der Waals surface area contributed by atoms with E-state index >= 15 is 0 Å². The van der Waals surface area contributed by atoms with Gasteiger partial charge in [0, 0.05) is 5.56 Å². The number of benzene rings is 3. The Bertz CT molecular complexity index is 1250. The van der Waals surface area contributed by atoms with Crippen molar-refractivity contribution in [2.45, 2.75) is 6.61 Å². The number of aromatic amines is 1. The van der Waals surface area contributed by atoms with Gasteiger partial charge in [-0.2, -0.15) is 5.26 Å². The number of ether oxygens (including phenoxy) is 1. The number of carboxylic acid groups (broad SMARTS) is 1. The minimum atomic E-state index is -0.965. The molecule has 0 saturated carbocycles. The minimum absolute atomic E-state index is 0.228. The molecule has 4 rings (SSSR count). The lowest BCUT2D eigenvalue weighted by Gasteiger charge is -2.10. The Morgan fingerprint density at radius 2 is 1.80 bits per heavy atom. The number of nitrogens with zero attached hydrogens (tertiary/aromatic N) is 2. The summed E-state index contributed by atoms with van der Waals surface area (Å²) in [5, 5.41) is 18.7. The monoisotopic (exact) mass is 395 g/mol. The Kier molecular flexibility index (Phi) is 5.27. The fourth-order valence-corrected chi connectivity index (χ4v) is 3.03. The number of imidazole rings is 1. The Balaban J connectivity index is 1.58. The van der Waals surface area contributed by atoms with Gasteiger partial charge in [0.15, 0.2) is 0 Å². The molecule has 0 bridgehead atoms. The van der Waals surface area contributed by atoms with Crippen molar-refractivity contribution in [3.8, 4) is 11.8 Å². The first-order valence-corrected chi connectivity index (χ1v) is 9.25. The third-order valence-corrected chi connectivity index (χ3v) is 4.58. The van der Waals surface area contributed by atoms with E-state index in [1.807, 2.05) is 48.5 Å². The quantitative estimate of drug-likeness (QED) is 0.452. The number of hydrogen-bond acceptors (Lipinski definition) is 4. The maximum atomic E-state index is 11.0. The van der Waals surface area contributed by atoms with Crippen molar-refractivity contribution < 1.29 is 14.6 Å². The summed E-state index contributed by atoms with van der Waals surface area (Å²) < 4.78 is 5.93. The van der Waals surface area contributed by atoms with Crippen LogP contribution in [0.1, 0.15) is 27.3 Å². The molecule has 0 aliphatic carbocycles. The summed E-state index contributed by atoms with van der Waals surface area (Å²) in [5.74, 6) is 0.147. The average Bonchev–Trinajstić information content (AvgIpc) is 3.21. The van der Waals surface area contributed by atoms with Crippen molar-refractivity contribution in [1.29, 1.82) is 5.26 Å². The molecule has 4 aromatic rings. The lowest BCUT2D eigenvalue weighted by atomic mass is 10.1. The maximum Gasteiger partial charge on any atom is 0.335 e. The van der Waals surface area contributed by atoms with Crippen LogP contribution in [-0.4, -0.2) is 21.0 Å². The number of hydrogen-bond donors (Lipinski definition) is 2. The summed E-state index contributed by atoms with van der Waals surface area (Å²) in [6.45, 7) is 0.275. The molecule has 146 valence electrons. The molecular formula is C24H17N3O3. The molecule has 6 heteroatoms. The van der Waals surface area contributed by atoms with Crippen molar-refractivity contribution in [3.63, 3.8) is 0 Å². The zero-order valence-electron chi connectivity index (χ0n) is 15.9. The molecule has 0 saturated heterocycles. The number of aromatic carboxylic acids is 1. The van der Waals surface area contributed by atoms with Crippen molar-refractivity contribution in [3.05, 3.63) is 95.3 Å². The van der Waals surface area contributed by atoms with Gasteiger partial charge in [-0.25, -0.2) is 9.78 Å². The van der Waals surface area contributed by atoms with Crippen LogP contribution in [-0.2, 0) is 6.61 Å². The highest BCUT2D eigenvalue weighted by molar-refractivity contribution is 5.91. The molecule has 0 fully saturated rings. The van der Waals surface area contributed by atoms with Gasteiger partial charge >= 0.3 is 5.97 Å². The fourth-order valence-electron chi connectivity index (χ4n) is 3.03. The van der Waals surface area contributed by atoms with Crippen LogP contribution in [0.5, 0.6) is 5.75 Å². The standard InChI is InChI=1S/C24H17N3O3/c25-14-19(23-26-20-6-2-3-7-21(20)27-23)13-18-5-1-4-8-22(18)30-15-16-9-11-17(12-10-16)24(28)29/h1-13H,15H2,(H,26,27)(H,28,29)/b19-13+. The van der Waals surface area contributed by atoms with Crippen LogP contribution in [0, 0.1) is 11.3 Å². The van der Waals surface area contributed by atoms with Crippen molar-refractivity contribution in [2.75, 3.05) is 0 Å². The average molecular weight is 395 g/mol. The third-order valence-electron chi connectivity index (χ3n) is 4.58. The fraction of sp³-hybridized carbons (Fsp3) is 0.0417. The van der Waals surface area contributed by atoms with E-state index in [0.29, 0.717) is 17.1 Å². The van der Waals surface area contributed by atoms with Crippen LogP contribution < -0.4 is 4.74 Å². The molecule has 0 radical (unpaired) electrons. The number of nitrogens with one attached hydrogen (secondary N) is 1. The van der Waals surface area contributed by atoms with Gasteiger partial charge in [-0.1, -0.05) is 42.5 Å². The summed E-state index contributed by atoms with van der Waals surface area (Å²) in [4.78, 5) is 18.6. The Morgan fingerprint density at radius 3 is 2.53 bits per heavy atom. The SMILES string of the molecule is N#C/C(=C\c1ccccc1OCc1ccc(C(=O)O)cc1)c1nc2ccccc2[nH]1. The normalized spacial score (nSPS) is 11.2. The van der Waals surface area contributed by atoms with Crippen LogP contribution in [0.3, 0.4) is 0 Å². The minimum Gasteiger partial charge on any atom is -0.488 e. The van der Waals surface area contributed by atoms with E-state index in [1.165, 1.54) is 0 Å². The Labute approximate surface area is 172 Å². The first-order chi connectivity index (χ1) is 14.6. The highest BCUT2D eigenvalue weighted by Gasteiger charge is 2.10. The Morgan fingerprint density at radius 1 is 1.07 bits per heavy atom. The first-order valence-electron chi connectivity index (χ1n) is 9.25. The Hall–Kier alpha value is -4.37. The predicted octanol–water partition coefficient (Wildman–Crippen LogP) is 4.90. The van der Waals surface area contributed by atoms with E-state index in [2.05, 4.69) is 16.0 Å². The van der Waals surface area contributed by atoms with Crippen molar-refractivity contribution >= 4 is 28.7 Å². The molecular weight excluding hydrogens is 378 g/mol. The highest BCUT2D eigenvalue weighted by Crippen LogP contribution is 2.25. The molecule has 1 aromatic heterocycles. The molecule has 0 amide bonds. The summed E-state index contributed by atoms with van der Waals surface area (Å²) in [5.41, 5.74) is 3.87. The second-order valence-electron chi connectivity index (χ2n) is 6.60. The van der Waals surface area contributed by atoms with Gasteiger partial charge in [0.05, 0.1) is 22.2 Å². The zero-order valence-corrected chi connectivity index (χ0v) is 15.9. The number of carbonyl (C=O) groups is 1. The van der Waals surface area contributed by atoms with Crippen LogP contribution in [0.25, 0.3) is 22.7 Å². The van der Waals surface area contributed by atoms with Gasteiger partial charge in [-0.15, -0.1) is 0 Å². The van der Waals surface area contributed by atoms with Gasteiger partial charge in [0.1, 0.15) is 24.3 Å². The number of rotatable bonds is 6. The molecule has 0 spiro atoms. The van der Waals surface area contributed by atoms with Crippen LogP contribution >= 0.6 is 0 Å². The zero-order chi connectivity index (χ0) is 20.9. The molecule has 6 nitrogen and oxygen atoms in total. The lowest BCUT2D eigenvalue weighted by Crippen LogP contribution is -1.99. The van der Waals surface area contributed by atoms with E-state index in [0.717, 1.165) is 22.2 Å². The van der Waals surface area contributed by atoms with Gasteiger partial charge in [-0.05, 0) is 42.0 Å². The van der Waals surface area contributed by atoms with E-state index < -0.39 is 5.97 Å². The molecule has 1 heterocycles. The van der Waals surface area contributed by atoms with Crippen LogP contribution in [0.4, 0.5) is 0 Å². The maximum absolute atomic E-state index is 11.0. The van der Waals surface area contributed by atoms with Gasteiger partial charge in [0.25, 0.3) is 0 Å². The van der Waals surface area contributed by atoms with E-state index in [4.69, 9.17) is 9.84 Å². The van der Waals surface area contributed by atoms with Gasteiger partial charge < -0.3 is 14.8 Å². The van der Waals surface area contributed by atoms with Gasteiger partial charge in [0.2, 0.25) is 0 Å². The smallest absolute Gasteiger partial charge is 0.335 e. The second-order valence-corrected chi connectivity index (χ2v) is 6.60. The van der Waals surface area contributed by atoms with Gasteiger partial charge in [-0.3, -0.25) is 0 Å². The lowest BCUT2D eigenvalue weighted by molar-refractivity contribution is 0.0697. The molecule has 0 atom stereocenters. The van der Waals surface area contributed by atoms with E-state index in [9.17, 15) is 10.1 Å². The van der Waals surface area contributed by atoms with Crippen molar-refractivity contribution in [1.82, 2.24) is 9.97 Å². The topological polar surface area (TPSA) is 99.0 Å². The molecule has 2 N–H and O–H groups in total. The predicted molar refractivity (Wildman–Crippen MR) is 114 cm³/mol. The van der Waals surface area contributed by atoms with Crippen LogP contribution in [0.2, 0.25) is 0 Å². The largest absolute Gasteiger partial charge is 0.488 e. The summed E-state index contributed by atoms with van der Waals surface area (Å²) in [6, 6.07) is 23.7. The number of aromatic nitrogens is 2. The number of allylic oxidation sites excluding steroid dienone is 1. The molecule has 30 heavy (non-hydrogen) atoms. The van der Waals surface area contributed by atoms with E-state index in [-0.39, 0.29) is 12.2 Å². The molecule has 0 unspecified atom stereocenters. The summed E-state index contributed by atoms with van der Waals surface area (Å²) in [6.07, 6.45) is 1.74. The number of nitriles is 1. The number of carboxylic acids is 1. The summed E-state index contributed by atoms with van der Waals surface area (Å²) in [7, 11) is 0. The first kappa shape index (κ1) is 19.0.